The van der Waals surface area contributed by atoms with E-state index in [2.05, 4.69) is 16.0 Å². The van der Waals surface area contributed by atoms with Gasteiger partial charge in [0, 0.05) is 4.90 Å². The van der Waals surface area contributed by atoms with E-state index in [1.54, 1.807) is 0 Å². The molecule has 2 aromatic carbocycles. The molecule has 0 radical (unpaired) electrons. The summed E-state index contributed by atoms with van der Waals surface area (Å²) in [6.07, 6.45) is 0. The van der Waals surface area contributed by atoms with Crippen molar-refractivity contribution in [2.24, 2.45) is 0 Å². The van der Waals surface area contributed by atoms with Crippen LogP contribution in [-0.2, 0) is 0 Å². The van der Waals surface area contributed by atoms with Crippen molar-refractivity contribution >= 4 is 22.8 Å². The summed E-state index contributed by atoms with van der Waals surface area (Å²) < 4.78 is 0. The van der Waals surface area contributed by atoms with Crippen LogP contribution in [-0.4, -0.2) is 9.97 Å². The summed E-state index contributed by atoms with van der Waals surface area (Å²) in [7, 11) is 0. The summed E-state index contributed by atoms with van der Waals surface area (Å²) >= 11 is 1.49. The Morgan fingerprint density at radius 2 is 2.05 bits per heavy atom. The smallest absolute Gasteiger partial charge is 0.171 e. The molecule has 0 amide bonds. The molecule has 0 unspecified atom stereocenters. The minimum atomic E-state index is 0.677. The van der Waals surface area contributed by atoms with Crippen LogP contribution in [0.2, 0.25) is 0 Å². The van der Waals surface area contributed by atoms with Gasteiger partial charge in [-0.2, -0.15) is 5.26 Å². The molecule has 19 heavy (non-hydrogen) atoms. The molecular formula is C15H11N3S. The van der Waals surface area contributed by atoms with Crippen molar-refractivity contribution in [2.45, 2.75) is 17.0 Å². The van der Waals surface area contributed by atoms with Gasteiger partial charge in [-0.25, -0.2) is 4.98 Å². The third kappa shape index (κ3) is 2.33. The summed E-state index contributed by atoms with van der Waals surface area (Å²) in [4.78, 5) is 8.70. The van der Waals surface area contributed by atoms with Crippen molar-refractivity contribution in [1.82, 2.24) is 9.97 Å². The van der Waals surface area contributed by atoms with Gasteiger partial charge in [-0.1, -0.05) is 30.0 Å². The lowest BCUT2D eigenvalue weighted by atomic mass is 10.2. The zero-order valence-electron chi connectivity index (χ0n) is 10.3. The molecule has 0 spiro atoms. The number of H-pyrrole nitrogens is 1. The van der Waals surface area contributed by atoms with Gasteiger partial charge in [0.2, 0.25) is 0 Å². The summed E-state index contributed by atoms with van der Waals surface area (Å²) in [5.74, 6) is 0. The second-order valence-corrected chi connectivity index (χ2v) is 5.30. The number of aromatic nitrogens is 2. The fraction of sp³-hybridized carbons (Fsp3) is 0.0667. The van der Waals surface area contributed by atoms with E-state index in [4.69, 9.17) is 5.26 Å². The largest absolute Gasteiger partial charge is 0.333 e. The zero-order valence-corrected chi connectivity index (χ0v) is 11.2. The molecule has 1 N–H and O–H groups in total. The summed E-state index contributed by atoms with van der Waals surface area (Å²) in [6, 6.07) is 15.9. The molecule has 0 saturated heterocycles. The second-order valence-electron chi connectivity index (χ2n) is 4.27. The van der Waals surface area contributed by atoms with Gasteiger partial charge in [0.1, 0.15) is 6.07 Å². The first kappa shape index (κ1) is 11.8. The highest BCUT2D eigenvalue weighted by Gasteiger charge is 2.08. The van der Waals surface area contributed by atoms with Gasteiger partial charge in [-0.3, -0.25) is 0 Å². The SMILES string of the molecule is Cc1ccc(C#N)c(Sc2nc3ccccc3[nH]2)c1. The Morgan fingerprint density at radius 1 is 1.21 bits per heavy atom. The molecule has 3 rings (SSSR count). The van der Waals surface area contributed by atoms with Gasteiger partial charge in [-0.15, -0.1) is 0 Å². The maximum Gasteiger partial charge on any atom is 0.171 e. The summed E-state index contributed by atoms with van der Waals surface area (Å²) in [5, 5.41) is 9.94. The standard InChI is InChI=1S/C15H11N3S/c1-10-6-7-11(9-16)14(8-10)19-15-17-12-4-2-3-5-13(12)18-15/h2-8H,1H3,(H,17,18). The normalized spacial score (nSPS) is 10.5. The lowest BCUT2D eigenvalue weighted by molar-refractivity contribution is 1.08. The molecule has 1 heterocycles. The van der Waals surface area contributed by atoms with Crippen molar-refractivity contribution in [1.29, 1.82) is 5.26 Å². The number of hydrogen-bond acceptors (Lipinski definition) is 3. The Morgan fingerprint density at radius 3 is 2.84 bits per heavy atom. The molecule has 0 aliphatic rings. The molecule has 0 aliphatic heterocycles. The van der Waals surface area contributed by atoms with Crippen LogP contribution in [0.4, 0.5) is 0 Å². The Hall–Kier alpha value is -2.25. The maximum absolute atomic E-state index is 9.13. The topological polar surface area (TPSA) is 52.5 Å². The van der Waals surface area contributed by atoms with Gasteiger partial charge in [0.25, 0.3) is 0 Å². The predicted octanol–water partition coefficient (Wildman–Crippen LogP) is 3.89. The van der Waals surface area contributed by atoms with Gasteiger partial charge in [-0.05, 0) is 36.8 Å². The Balaban J connectivity index is 2.01. The molecule has 3 nitrogen and oxygen atoms in total. The number of hydrogen-bond donors (Lipinski definition) is 1. The Bertz CT molecular complexity index is 750. The number of rotatable bonds is 2. The van der Waals surface area contributed by atoms with Crippen molar-refractivity contribution < 1.29 is 0 Å². The molecule has 0 fully saturated rings. The number of para-hydroxylation sites is 2. The number of imidazole rings is 1. The van der Waals surface area contributed by atoms with Crippen LogP contribution < -0.4 is 0 Å². The van der Waals surface area contributed by atoms with Crippen molar-refractivity contribution in [3.05, 3.63) is 53.6 Å². The average molecular weight is 265 g/mol. The van der Waals surface area contributed by atoms with Gasteiger partial charge in [0.15, 0.2) is 5.16 Å². The Kier molecular flexibility index (Phi) is 2.98. The van der Waals surface area contributed by atoms with E-state index in [1.165, 1.54) is 11.8 Å². The minimum Gasteiger partial charge on any atom is -0.333 e. The van der Waals surface area contributed by atoms with Crippen LogP contribution in [0.1, 0.15) is 11.1 Å². The predicted molar refractivity (Wildman–Crippen MR) is 76.1 cm³/mol. The highest BCUT2D eigenvalue weighted by molar-refractivity contribution is 7.99. The van der Waals surface area contributed by atoms with E-state index in [0.29, 0.717) is 5.56 Å². The van der Waals surface area contributed by atoms with E-state index in [9.17, 15) is 0 Å². The quantitative estimate of drug-likeness (QED) is 0.764. The summed E-state index contributed by atoms with van der Waals surface area (Å²) in [5.41, 5.74) is 3.76. The van der Waals surface area contributed by atoms with Crippen LogP contribution in [0.5, 0.6) is 0 Å². The third-order valence-electron chi connectivity index (χ3n) is 2.83. The second kappa shape index (κ2) is 4.79. The number of aromatic amines is 1. The van der Waals surface area contributed by atoms with Crippen LogP contribution in [0, 0.1) is 18.3 Å². The first-order valence-corrected chi connectivity index (χ1v) is 6.71. The molecular weight excluding hydrogens is 254 g/mol. The van der Waals surface area contributed by atoms with Gasteiger partial charge < -0.3 is 4.98 Å². The minimum absolute atomic E-state index is 0.677. The number of benzene rings is 2. The van der Waals surface area contributed by atoms with E-state index in [-0.39, 0.29) is 0 Å². The van der Waals surface area contributed by atoms with Gasteiger partial charge >= 0.3 is 0 Å². The number of aryl methyl sites for hydroxylation is 1. The van der Waals surface area contributed by atoms with Crippen LogP contribution in [0.3, 0.4) is 0 Å². The highest BCUT2D eigenvalue weighted by atomic mass is 32.2. The summed E-state index contributed by atoms with van der Waals surface area (Å²) in [6.45, 7) is 2.02. The van der Waals surface area contributed by atoms with E-state index in [1.807, 2.05) is 49.4 Å². The van der Waals surface area contributed by atoms with Crippen molar-refractivity contribution in [3.63, 3.8) is 0 Å². The fourth-order valence-corrected chi connectivity index (χ4v) is 2.87. The maximum atomic E-state index is 9.13. The lowest BCUT2D eigenvalue weighted by Crippen LogP contribution is -1.84. The first-order chi connectivity index (χ1) is 9.26. The van der Waals surface area contributed by atoms with Crippen LogP contribution in [0.25, 0.3) is 11.0 Å². The number of fused-ring (bicyclic) bond motifs is 1. The number of nitriles is 1. The molecule has 3 aromatic rings. The molecule has 4 heteroatoms. The first-order valence-electron chi connectivity index (χ1n) is 5.89. The molecule has 0 aliphatic carbocycles. The average Bonchev–Trinajstić information content (AvgIpc) is 2.81. The molecule has 0 bridgehead atoms. The molecule has 92 valence electrons. The Labute approximate surface area is 115 Å². The van der Waals surface area contributed by atoms with Crippen LogP contribution >= 0.6 is 11.8 Å². The molecule has 0 atom stereocenters. The van der Waals surface area contributed by atoms with Crippen molar-refractivity contribution in [2.75, 3.05) is 0 Å². The fourth-order valence-electron chi connectivity index (χ4n) is 1.89. The molecule has 1 aromatic heterocycles. The van der Waals surface area contributed by atoms with Gasteiger partial charge in [0.05, 0.1) is 16.6 Å². The monoisotopic (exact) mass is 265 g/mol. The lowest BCUT2D eigenvalue weighted by Gasteiger charge is -2.02. The van der Waals surface area contributed by atoms with E-state index in [0.717, 1.165) is 26.6 Å². The number of nitrogens with zero attached hydrogens (tertiary/aromatic N) is 2. The van der Waals surface area contributed by atoms with Crippen LogP contribution in [0.15, 0.2) is 52.5 Å². The zero-order chi connectivity index (χ0) is 13.2. The molecule has 0 saturated carbocycles. The number of nitrogens with one attached hydrogen (secondary N) is 1. The van der Waals surface area contributed by atoms with E-state index < -0.39 is 0 Å². The third-order valence-corrected chi connectivity index (χ3v) is 3.78. The highest BCUT2D eigenvalue weighted by Crippen LogP contribution is 2.30. The van der Waals surface area contributed by atoms with E-state index >= 15 is 0 Å². The van der Waals surface area contributed by atoms with Crippen molar-refractivity contribution in [3.8, 4) is 6.07 Å².